The Morgan fingerprint density at radius 3 is 2.51 bits per heavy atom. The Bertz CT molecular complexity index is 1730. The number of pyridine rings is 1. The molecule has 5 rings (SSSR count). The molecule has 2 aromatic carbocycles. The molecule has 0 aliphatic rings. The Kier molecular flexibility index (Phi) is 8.38. The normalized spacial score (nSPS) is 11.3. The summed E-state index contributed by atoms with van der Waals surface area (Å²) in [4.78, 5) is 21.1. The Morgan fingerprint density at radius 2 is 1.83 bits per heavy atom. The topological polar surface area (TPSA) is 84.8 Å². The van der Waals surface area contributed by atoms with Crippen LogP contribution in [0, 0.1) is 27.7 Å². The minimum absolute atomic E-state index is 0.181. The molecule has 0 aliphatic carbocycles. The highest BCUT2D eigenvalue weighted by molar-refractivity contribution is 6.32. The second-order valence-electron chi connectivity index (χ2n) is 10.4. The highest BCUT2D eigenvalue weighted by Gasteiger charge is 2.22. The number of ether oxygens (including phenoxy) is 1. The smallest absolute Gasteiger partial charge is 0.268 e. The van der Waals surface area contributed by atoms with Crippen LogP contribution in [0.3, 0.4) is 0 Å². The average molecular weight is 591 g/mol. The molecule has 7 nitrogen and oxygen atoms in total. The molecule has 3 aromatic heterocycles. The molecular formula is C32H33Cl2N5O2. The van der Waals surface area contributed by atoms with Gasteiger partial charge in [0.25, 0.3) is 5.91 Å². The fraction of sp³-hybridized carbons (Fsp3) is 0.281. The van der Waals surface area contributed by atoms with Crippen molar-refractivity contribution in [3.63, 3.8) is 0 Å². The van der Waals surface area contributed by atoms with Gasteiger partial charge in [-0.2, -0.15) is 5.10 Å². The van der Waals surface area contributed by atoms with Crippen LogP contribution in [0.25, 0.3) is 22.0 Å². The van der Waals surface area contributed by atoms with E-state index in [1.807, 2.05) is 56.8 Å². The van der Waals surface area contributed by atoms with Crippen LogP contribution < -0.4 is 10.1 Å². The summed E-state index contributed by atoms with van der Waals surface area (Å²) in [5.41, 5.74) is 9.37. The molecule has 3 heterocycles. The van der Waals surface area contributed by atoms with Crippen molar-refractivity contribution in [2.75, 3.05) is 6.61 Å². The van der Waals surface area contributed by atoms with Gasteiger partial charge in [0.1, 0.15) is 16.6 Å². The summed E-state index contributed by atoms with van der Waals surface area (Å²) in [6, 6.07) is 13.7. The highest BCUT2D eigenvalue weighted by Crippen LogP contribution is 2.35. The predicted molar refractivity (Wildman–Crippen MR) is 165 cm³/mol. The number of hydrogen-bond acceptors (Lipinski definition) is 4. The zero-order valence-electron chi connectivity index (χ0n) is 23.9. The van der Waals surface area contributed by atoms with E-state index in [0.717, 1.165) is 72.9 Å². The van der Waals surface area contributed by atoms with Gasteiger partial charge in [0, 0.05) is 47.0 Å². The van der Waals surface area contributed by atoms with Crippen molar-refractivity contribution in [1.82, 2.24) is 25.1 Å². The lowest BCUT2D eigenvalue weighted by Crippen LogP contribution is -2.24. The number of carbonyl (C=O) groups excluding carboxylic acids is 1. The molecule has 0 bridgehead atoms. The second-order valence-corrected chi connectivity index (χ2v) is 11.1. The largest absolute Gasteiger partial charge is 0.494 e. The van der Waals surface area contributed by atoms with Crippen LogP contribution >= 0.6 is 23.2 Å². The molecule has 2 N–H and O–H groups in total. The molecule has 1 amide bonds. The third-order valence-electron chi connectivity index (χ3n) is 7.44. The van der Waals surface area contributed by atoms with Crippen LogP contribution in [-0.4, -0.2) is 32.3 Å². The quantitative estimate of drug-likeness (QED) is 0.138. The van der Waals surface area contributed by atoms with Crippen LogP contribution in [0.2, 0.25) is 10.2 Å². The summed E-state index contributed by atoms with van der Waals surface area (Å²) in [5.74, 6) is 0.613. The molecule has 0 radical (unpaired) electrons. The van der Waals surface area contributed by atoms with Crippen molar-refractivity contribution in [2.45, 2.75) is 47.1 Å². The van der Waals surface area contributed by atoms with Crippen molar-refractivity contribution >= 4 is 40.0 Å². The summed E-state index contributed by atoms with van der Waals surface area (Å²) < 4.78 is 7.97. The first-order valence-electron chi connectivity index (χ1n) is 13.6. The molecule has 212 valence electrons. The predicted octanol–water partition coefficient (Wildman–Crippen LogP) is 7.45. The van der Waals surface area contributed by atoms with Crippen molar-refractivity contribution in [3.8, 4) is 16.9 Å². The highest BCUT2D eigenvalue weighted by atomic mass is 35.5. The van der Waals surface area contributed by atoms with Crippen LogP contribution in [0.4, 0.5) is 0 Å². The van der Waals surface area contributed by atoms with E-state index in [9.17, 15) is 4.79 Å². The number of halogens is 2. The van der Waals surface area contributed by atoms with Gasteiger partial charge >= 0.3 is 0 Å². The molecule has 41 heavy (non-hydrogen) atoms. The number of hydrogen-bond donors (Lipinski definition) is 2. The number of carbonyl (C=O) groups is 1. The minimum atomic E-state index is -0.181. The van der Waals surface area contributed by atoms with E-state index in [-0.39, 0.29) is 5.91 Å². The Hall–Kier alpha value is -3.81. The van der Waals surface area contributed by atoms with E-state index in [0.29, 0.717) is 30.4 Å². The van der Waals surface area contributed by atoms with Gasteiger partial charge in [-0.3, -0.25) is 9.48 Å². The average Bonchev–Trinajstić information content (AvgIpc) is 3.44. The fourth-order valence-electron chi connectivity index (χ4n) is 5.35. The Labute approximate surface area is 249 Å². The number of rotatable bonds is 9. The van der Waals surface area contributed by atoms with Gasteiger partial charge in [-0.15, -0.1) is 0 Å². The third-order valence-corrected chi connectivity index (χ3v) is 8.24. The van der Waals surface area contributed by atoms with E-state index in [1.54, 1.807) is 12.3 Å². The van der Waals surface area contributed by atoms with E-state index in [2.05, 4.69) is 39.4 Å². The minimum Gasteiger partial charge on any atom is -0.494 e. The fourth-order valence-corrected chi connectivity index (χ4v) is 5.66. The number of nitrogens with one attached hydrogen (secondary N) is 2. The third kappa shape index (κ3) is 5.97. The summed E-state index contributed by atoms with van der Waals surface area (Å²) in [5, 5.41) is 9.83. The maximum absolute atomic E-state index is 13.6. The number of aromatic nitrogens is 4. The van der Waals surface area contributed by atoms with Crippen molar-refractivity contribution in [2.24, 2.45) is 7.05 Å². The standard InChI is InChI=1S/C32H33Cl2N5O2/c1-18-14-23(15-19(2)29(18)34)41-13-7-10-25-24-8-6-9-26(28-20(3)38-39(5)21(28)4)30(24)37-31(25)32(40)36-17-22-11-12-35-27(33)16-22/h6,8-9,11-12,14-16,37H,7,10,13,17H2,1-5H3,(H,36,40). The first-order chi connectivity index (χ1) is 19.6. The van der Waals surface area contributed by atoms with Crippen molar-refractivity contribution in [3.05, 3.63) is 98.2 Å². The summed E-state index contributed by atoms with van der Waals surface area (Å²) >= 11 is 12.4. The lowest BCUT2D eigenvalue weighted by atomic mass is 9.98. The molecule has 0 unspecified atom stereocenters. The summed E-state index contributed by atoms with van der Waals surface area (Å²) in [7, 11) is 1.94. The van der Waals surface area contributed by atoms with E-state index in [1.165, 1.54) is 0 Å². The van der Waals surface area contributed by atoms with Crippen LogP contribution in [0.15, 0.2) is 48.7 Å². The number of aryl methyl sites for hydroxylation is 5. The lowest BCUT2D eigenvalue weighted by Gasteiger charge is -2.11. The molecule has 0 spiro atoms. The molecule has 5 aromatic rings. The van der Waals surface area contributed by atoms with Gasteiger partial charge in [-0.05, 0) is 87.1 Å². The van der Waals surface area contributed by atoms with Gasteiger partial charge in [-0.1, -0.05) is 41.4 Å². The summed E-state index contributed by atoms with van der Waals surface area (Å²) in [6.07, 6.45) is 3.01. The van der Waals surface area contributed by atoms with Crippen LogP contribution in [-0.2, 0) is 20.0 Å². The number of fused-ring (bicyclic) bond motifs is 1. The molecule has 0 saturated heterocycles. The summed E-state index contributed by atoms with van der Waals surface area (Å²) in [6.45, 7) is 8.86. The first-order valence-corrected chi connectivity index (χ1v) is 14.3. The van der Waals surface area contributed by atoms with Gasteiger partial charge < -0.3 is 15.0 Å². The molecule has 0 atom stereocenters. The van der Waals surface area contributed by atoms with Gasteiger partial charge in [0.05, 0.1) is 17.8 Å². The first kappa shape index (κ1) is 28.7. The number of para-hydroxylation sites is 1. The Balaban J connectivity index is 1.45. The number of amides is 1. The number of H-pyrrole nitrogens is 1. The van der Waals surface area contributed by atoms with E-state index < -0.39 is 0 Å². The van der Waals surface area contributed by atoms with Crippen LogP contribution in [0.5, 0.6) is 5.75 Å². The number of aromatic amines is 1. The zero-order valence-corrected chi connectivity index (χ0v) is 25.4. The molecule has 0 aliphatic heterocycles. The molecule has 9 heteroatoms. The number of benzene rings is 2. The molecule has 0 fully saturated rings. The van der Waals surface area contributed by atoms with E-state index >= 15 is 0 Å². The van der Waals surface area contributed by atoms with Gasteiger partial charge in [0.15, 0.2) is 0 Å². The van der Waals surface area contributed by atoms with Crippen molar-refractivity contribution < 1.29 is 9.53 Å². The second kappa shape index (κ2) is 12.0. The monoisotopic (exact) mass is 589 g/mol. The van der Waals surface area contributed by atoms with E-state index in [4.69, 9.17) is 27.9 Å². The zero-order chi connectivity index (χ0) is 29.3. The molecule has 0 saturated carbocycles. The molecular weight excluding hydrogens is 557 g/mol. The SMILES string of the molecule is Cc1cc(OCCCc2c(C(=O)NCc3ccnc(Cl)c3)[nH]c3c(-c4c(C)nn(C)c4C)cccc23)cc(C)c1Cl. The lowest BCUT2D eigenvalue weighted by molar-refractivity contribution is 0.0945. The van der Waals surface area contributed by atoms with Crippen LogP contribution in [0.1, 0.15) is 50.6 Å². The maximum atomic E-state index is 13.6. The van der Waals surface area contributed by atoms with Gasteiger partial charge in [0.2, 0.25) is 0 Å². The Morgan fingerprint density at radius 1 is 1.07 bits per heavy atom. The van der Waals surface area contributed by atoms with Gasteiger partial charge in [-0.25, -0.2) is 4.98 Å². The maximum Gasteiger partial charge on any atom is 0.268 e. The number of nitrogens with zero attached hydrogens (tertiary/aromatic N) is 3. The van der Waals surface area contributed by atoms with Crippen molar-refractivity contribution in [1.29, 1.82) is 0 Å².